The number of halogens is 1. The number of hydrogen-bond donors (Lipinski definition) is 1. The van der Waals surface area contributed by atoms with Crippen LogP contribution in [0.5, 0.6) is 5.75 Å². The molecule has 0 radical (unpaired) electrons. The van der Waals surface area contributed by atoms with E-state index in [1.165, 1.54) is 24.1 Å². The number of carbonyl (C=O) groups is 2. The number of nitrogens with zero attached hydrogens (tertiary/aromatic N) is 1. The number of imide groups is 1. The molecule has 1 aliphatic rings. The van der Waals surface area contributed by atoms with Gasteiger partial charge in [-0.2, -0.15) is 0 Å². The molecule has 6 heteroatoms. The van der Waals surface area contributed by atoms with Gasteiger partial charge in [-0.1, -0.05) is 36.4 Å². The van der Waals surface area contributed by atoms with Crippen molar-refractivity contribution in [1.82, 2.24) is 4.90 Å². The van der Waals surface area contributed by atoms with Crippen LogP contribution in [-0.4, -0.2) is 23.8 Å². The van der Waals surface area contributed by atoms with Crippen molar-refractivity contribution in [3.63, 3.8) is 0 Å². The van der Waals surface area contributed by atoms with E-state index in [1.54, 1.807) is 36.4 Å². The largest absolute Gasteiger partial charge is 0.496 e. The van der Waals surface area contributed by atoms with Crippen molar-refractivity contribution in [2.45, 2.75) is 20.4 Å². The zero-order valence-electron chi connectivity index (χ0n) is 18.1. The molecule has 1 heterocycles. The number of amides is 2. The molecule has 0 saturated carbocycles. The predicted molar refractivity (Wildman–Crippen MR) is 121 cm³/mol. The first kappa shape index (κ1) is 21.3. The highest BCUT2D eigenvalue weighted by atomic mass is 19.1. The Labute approximate surface area is 186 Å². The number of benzene rings is 3. The van der Waals surface area contributed by atoms with E-state index in [-0.39, 0.29) is 23.6 Å². The number of methoxy groups -OCH3 is 1. The lowest BCUT2D eigenvalue weighted by Gasteiger charge is -2.16. The van der Waals surface area contributed by atoms with Crippen LogP contribution >= 0.6 is 0 Å². The fourth-order valence-corrected chi connectivity index (χ4v) is 3.90. The van der Waals surface area contributed by atoms with Crippen LogP contribution in [0.25, 0.3) is 5.57 Å². The standard InChI is InChI=1S/C26H23FN2O3/c1-16-12-17(2)14-20(13-16)28-24-23(21-6-4-5-7-22(21)32-3)25(30)29(26(24)31)15-18-8-10-19(27)11-9-18/h4-14,28H,15H2,1-3H3. The van der Waals surface area contributed by atoms with Gasteiger partial charge in [0.05, 0.1) is 19.2 Å². The lowest BCUT2D eigenvalue weighted by molar-refractivity contribution is -0.137. The summed E-state index contributed by atoms with van der Waals surface area (Å²) in [5, 5.41) is 3.18. The molecule has 0 atom stereocenters. The normalized spacial score (nSPS) is 13.7. The summed E-state index contributed by atoms with van der Waals surface area (Å²) in [7, 11) is 1.52. The highest BCUT2D eigenvalue weighted by Gasteiger charge is 2.40. The Balaban J connectivity index is 1.79. The third kappa shape index (κ3) is 4.12. The van der Waals surface area contributed by atoms with Gasteiger partial charge in [0.15, 0.2) is 0 Å². The minimum absolute atomic E-state index is 0.0363. The number of carbonyl (C=O) groups excluding carboxylic acids is 2. The topological polar surface area (TPSA) is 58.6 Å². The van der Waals surface area contributed by atoms with Gasteiger partial charge in [-0.25, -0.2) is 4.39 Å². The zero-order valence-corrected chi connectivity index (χ0v) is 18.1. The van der Waals surface area contributed by atoms with Crippen molar-refractivity contribution < 1.29 is 18.7 Å². The summed E-state index contributed by atoms with van der Waals surface area (Å²) in [5.41, 5.74) is 4.40. The minimum Gasteiger partial charge on any atom is -0.496 e. The molecule has 5 nitrogen and oxygen atoms in total. The molecule has 3 aromatic carbocycles. The first-order valence-electron chi connectivity index (χ1n) is 10.2. The average molecular weight is 430 g/mol. The molecule has 0 unspecified atom stereocenters. The van der Waals surface area contributed by atoms with Crippen molar-refractivity contribution >= 4 is 23.1 Å². The molecule has 0 bridgehead atoms. The van der Waals surface area contributed by atoms with Gasteiger partial charge in [-0.05, 0) is 60.9 Å². The van der Waals surface area contributed by atoms with Gasteiger partial charge in [-0.3, -0.25) is 14.5 Å². The average Bonchev–Trinajstić information content (AvgIpc) is 2.98. The molecular formula is C26H23FN2O3. The van der Waals surface area contributed by atoms with Crippen LogP contribution in [0.2, 0.25) is 0 Å². The molecule has 0 fully saturated rings. The lowest BCUT2D eigenvalue weighted by Crippen LogP contribution is -2.32. The third-order valence-electron chi connectivity index (χ3n) is 5.29. The second-order valence-corrected chi connectivity index (χ2v) is 7.77. The van der Waals surface area contributed by atoms with Crippen LogP contribution in [0.15, 0.2) is 72.4 Å². The molecule has 32 heavy (non-hydrogen) atoms. The van der Waals surface area contributed by atoms with Crippen LogP contribution in [0.4, 0.5) is 10.1 Å². The van der Waals surface area contributed by atoms with Crippen molar-refractivity contribution in [3.05, 3.63) is 100 Å². The van der Waals surface area contributed by atoms with Gasteiger partial charge >= 0.3 is 0 Å². The third-order valence-corrected chi connectivity index (χ3v) is 5.29. The fraction of sp³-hybridized carbons (Fsp3) is 0.154. The Morgan fingerprint density at radius 2 is 1.56 bits per heavy atom. The highest BCUT2D eigenvalue weighted by molar-refractivity contribution is 6.36. The Morgan fingerprint density at radius 1 is 0.906 bits per heavy atom. The minimum atomic E-state index is -0.445. The molecule has 2 amide bonds. The van der Waals surface area contributed by atoms with E-state index in [0.29, 0.717) is 16.9 Å². The quantitative estimate of drug-likeness (QED) is 0.569. The van der Waals surface area contributed by atoms with Gasteiger partial charge in [0.25, 0.3) is 11.8 Å². The lowest BCUT2D eigenvalue weighted by atomic mass is 10.0. The van der Waals surface area contributed by atoms with Gasteiger partial charge in [0.2, 0.25) is 0 Å². The van der Waals surface area contributed by atoms with Gasteiger partial charge in [0, 0.05) is 11.3 Å². The van der Waals surface area contributed by atoms with E-state index in [9.17, 15) is 14.0 Å². The molecule has 3 aromatic rings. The Kier molecular flexibility index (Phi) is 5.77. The first-order valence-corrected chi connectivity index (χ1v) is 10.2. The van der Waals surface area contributed by atoms with Gasteiger partial charge < -0.3 is 10.1 Å². The van der Waals surface area contributed by atoms with Crippen molar-refractivity contribution in [2.24, 2.45) is 0 Å². The summed E-state index contributed by atoms with van der Waals surface area (Å²) in [5.74, 6) is -0.764. The number of nitrogens with one attached hydrogen (secondary N) is 1. The summed E-state index contributed by atoms with van der Waals surface area (Å²) < 4.78 is 18.8. The molecule has 0 aromatic heterocycles. The van der Waals surface area contributed by atoms with Crippen molar-refractivity contribution in [2.75, 3.05) is 12.4 Å². The second-order valence-electron chi connectivity index (χ2n) is 7.77. The van der Waals surface area contributed by atoms with Crippen LogP contribution in [-0.2, 0) is 16.1 Å². The summed E-state index contributed by atoms with van der Waals surface area (Å²) in [4.78, 5) is 28.0. The fourth-order valence-electron chi connectivity index (χ4n) is 3.90. The number of anilines is 1. The number of aryl methyl sites for hydroxylation is 2. The van der Waals surface area contributed by atoms with E-state index < -0.39 is 11.8 Å². The van der Waals surface area contributed by atoms with Gasteiger partial charge in [0.1, 0.15) is 17.3 Å². The molecule has 4 rings (SSSR count). The first-order chi connectivity index (χ1) is 15.4. The summed E-state index contributed by atoms with van der Waals surface area (Å²) in [6.45, 7) is 3.97. The van der Waals surface area contributed by atoms with Crippen molar-refractivity contribution in [3.8, 4) is 5.75 Å². The van der Waals surface area contributed by atoms with E-state index in [0.717, 1.165) is 16.8 Å². The van der Waals surface area contributed by atoms with Crippen LogP contribution in [0.1, 0.15) is 22.3 Å². The molecular weight excluding hydrogens is 407 g/mol. The maximum absolute atomic E-state index is 13.5. The second kappa shape index (κ2) is 8.67. The highest BCUT2D eigenvalue weighted by Crippen LogP contribution is 2.36. The van der Waals surface area contributed by atoms with Gasteiger partial charge in [-0.15, -0.1) is 0 Å². The number of hydrogen-bond acceptors (Lipinski definition) is 4. The van der Waals surface area contributed by atoms with Crippen LogP contribution in [0, 0.1) is 19.7 Å². The number of ether oxygens (including phenoxy) is 1. The SMILES string of the molecule is COc1ccccc1C1=C(Nc2cc(C)cc(C)c2)C(=O)N(Cc2ccc(F)cc2)C1=O. The molecule has 1 N–H and O–H groups in total. The summed E-state index contributed by atoms with van der Waals surface area (Å²) in [6, 6.07) is 18.7. The van der Waals surface area contributed by atoms with Crippen LogP contribution < -0.4 is 10.1 Å². The smallest absolute Gasteiger partial charge is 0.278 e. The molecule has 0 aliphatic carbocycles. The van der Waals surface area contributed by atoms with E-state index in [1.807, 2.05) is 32.0 Å². The zero-order chi connectivity index (χ0) is 22.8. The molecule has 1 aliphatic heterocycles. The molecule has 0 saturated heterocycles. The summed E-state index contributed by atoms with van der Waals surface area (Å²) >= 11 is 0. The molecule has 0 spiro atoms. The summed E-state index contributed by atoms with van der Waals surface area (Å²) in [6.07, 6.45) is 0. The maximum atomic E-state index is 13.5. The monoisotopic (exact) mass is 430 g/mol. The Morgan fingerprint density at radius 3 is 2.22 bits per heavy atom. The van der Waals surface area contributed by atoms with E-state index >= 15 is 0 Å². The number of para-hydroxylation sites is 1. The van der Waals surface area contributed by atoms with E-state index in [4.69, 9.17) is 4.74 Å². The van der Waals surface area contributed by atoms with Crippen LogP contribution in [0.3, 0.4) is 0 Å². The Bertz CT molecular complexity index is 1210. The molecule has 162 valence electrons. The van der Waals surface area contributed by atoms with Crippen molar-refractivity contribution in [1.29, 1.82) is 0 Å². The predicted octanol–water partition coefficient (Wildman–Crippen LogP) is 4.84. The van der Waals surface area contributed by atoms with E-state index in [2.05, 4.69) is 5.32 Å². The Hall–Kier alpha value is -3.93. The maximum Gasteiger partial charge on any atom is 0.278 e. The number of rotatable bonds is 6.